The molecule has 0 saturated heterocycles. The third-order valence-corrected chi connectivity index (χ3v) is 4.12. The van der Waals surface area contributed by atoms with Gasteiger partial charge in [-0.3, -0.25) is 4.79 Å². The van der Waals surface area contributed by atoms with Gasteiger partial charge in [0.2, 0.25) is 5.91 Å². The molecule has 1 aliphatic carbocycles. The fraction of sp³-hybridized carbons (Fsp3) is 0.429. The molecule has 0 aromatic heterocycles. The van der Waals surface area contributed by atoms with Crippen LogP contribution in [0.5, 0.6) is 0 Å². The largest absolute Gasteiger partial charge is 0.417 e. The fourth-order valence-corrected chi connectivity index (χ4v) is 2.65. The van der Waals surface area contributed by atoms with Gasteiger partial charge in [0.25, 0.3) is 0 Å². The molecule has 1 amide bonds. The lowest BCUT2D eigenvalue weighted by Gasteiger charge is -2.14. The number of carbonyl (C=O) groups excluding carboxylic acids is 1. The molecule has 7 heteroatoms. The number of rotatable bonds is 4. The van der Waals surface area contributed by atoms with E-state index >= 15 is 0 Å². The Kier molecular flexibility index (Phi) is 4.47. The van der Waals surface area contributed by atoms with E-state index in [0.29, 0.717) is 4.90 Å². The van der Waals surface area contributed by atoms with Gasteiger partial charge in [0, 0.05) is 10.9 Å². The number of nitrogens with one attached hydrogen (secondary N) is 1. The zero-order valence-corrected chi connectivity index (χ0v) is 12.0. The van der Waals surface area contributed by atoms with Crippen molar-refractivity contribution in [2.45, 2.75) is 42.1 Å². The maximum absolute atomic E-state index is 12.9. The molecule has 21 heavy (non-hydrogen) atoms. The molecule has 3 nitrogen and oxygen atoms in total. The van der Waals surface area contributed by atoms with E-state index in [2.05, 4.69) is 5.32 Å². The summed E-state index contributed by atoms with van der Waals surface area (Å²) in [6, 6.07) is 5.23. The van der Waals surface area contributed by atoms with Crippen LogP contribution in [0.1, 0.15) is 30.9 Å². The third kappa shape index (κ3) is 4.14. The first-order chi connectivity index (χ1) is 9.81. The molecule has 1 atom stereocenters. The van der Waals surface area contributed by atoms with E-state index in [0.717, 1.165) is 36.7 Å². The number of halogens is 3. The Balaban J connectivity index is 2.13. The third-order valence-electron chi connectivity index (χ3n) is 3.02. The molecule has 0 bridgehead atoms. The SMILES string of the molecule is C[C@@H](Sc1ccc(C#N)c(C(F)(F)F)c1)C(=O)NC1CC1. The van der Waals surface area contributed by atoms with Crippen molar-refractivity contribution in [1.82, 2.24) is 5.32 Å². The Morgan fingerprint density at radius 1 is 1.48 bits per heavy atom. The van der Waals surface area contributed by atoms with Crippen molar-refractivity contribution < 1.29 is 18.0 Å². The van der Waals surface area contributed by atoms with Crippen LogP contribution in [-0.2, 0) is 11.0 Å². The smallest absolute Gasteiger partial charge is 0.352 e. The Morgan fingerprint density at radius 2 is 2.14 bits per heavy atom. The second-order valence-corrected chi connectivity index (χ2v) is 6.27. The summed E-state index contributed by atoms with van der Waals surface area (Å²) >= 11 is 1.05. The van der Waals surface area contributed by atoms with Gasteiger partial charge in [-0.05, 0) is 38.0 Å². The van der Waals surface area contributed by atoms with Crippen LogP contribution < -0.4 is 5.32 Å². The average molecular weight is 314 g/mol. The molecular weight excluding hydrogens is 301 g/mol. The average Bonchev–Trinajstić information content (AvgIpc) is 3.21. The highest BCUT2D eigenvalue weighted by molar-refractivity contribution is 8.00. The zero-order valence-electron chi connectivity index (χ0n) is 11.2. The fourth-order valence-electron chi connectivity index (χ4n) is 1.73. The normalized spacial score (nSPS) is 16.1. The van der Waals surface area contributed by atoms with Gasteiger partial charge in [0.15, 0.2) is 0 Å². The van der Waals surface area contributed by atoms with E-state index in [-0.39, 0.29) is 11.9 Å². The van der Waals surface area contributed by atoms with Gasteiger partial charge in [-0.2, -0.15) is 18.4 Å². The number of nitriles is 1. The highest BCUT2D eigenvalue weighted by Gasteiger charge is 2.34. The maximum atomic E-state index is 12.9. The summed E-state index contributed by atoms with van der Waals surface area (Å²) in [5, 5.41) is 11.0. The van der Waals surface area contributed by atoms with Gasteiger partial charge in [-0.25, -0.2) is 0 Å². The highest BCUT2D eigenvalue weighted by Crippen LogP contribution is 2.35. The minimum Gasteiger partial charge on any atom is -0.352 e. The lowest BCUT2D eigenvalue weighted by molar-refractivity contribution is -0.137. The van der Waals surface area contributed by atoms with Gasteiger partial charge in [-0.1, -0.05) is 0 Å². The second-order valence-electron chi connectivity index (χ2n) is 4.86. The monoisotopic (exact) mass is 314 g/mol. The van der Waals surface area contributed by atoms with E-state index in [9.17, 15) is 18.0 Å². The lowest BCUT2D eigenvalue weighted by Crippen LogP contribution is -2.32. The van der Waals surface area contributed by atoms with E-state index in [1.165, 1.54) is 12.1 Å². The Bertz CT molecular complexity index is 591. The molecule has 0 radical (unpaired) electrons. The van der Waals surface area contributed by atoms with Crippen LogP contribution in [0.2, 0.25) is 0 Å². The Labute approximate surface area is 124 Å². The van der Waals surface area contributed by atoms with Crippen molar-refractivity contribution in [2.75, 3.05) is 0 Å². The lowest BCUT2D eigenvalue weighted by atomic mass is 10.1. The second kappa shape index (κ2) is 5.98. The van der Waals surface area contributed by atoms with Gasteiger partial charge >= 0.3 is 6.18 Å². The number of alkyl halides is 3. The predicted octanol–water partition coefficient (Wildman–Crippen LogP) is 3.34. The molecule has 1 aromatic carbocycles. The van der Waals surface area contributed by atoms with Crippen LogP contribution in [0.25, 0.3) is 0 Å². The van der Waals surface area contributed by atoms with Gasteiger partial charge in [0.1, 0.15) is 0 Å². The van der Waals surface area contributed by atoms with Crippen molar-refractivity contribution in [2.24, 2.45) is 0 Å². The number of hydrogen-bond acceptors (Lipinski definition) is 3. The molecule has 1 N–H and O–H groups in total. The highest BCUT2D eigenvalue weighted by atomic mass is 32.2. The molecule has 1 aromatic rings. The first-order valence-corrected chi connectivity index (χ1v) is 7.27. The molecule has 1 fully saturated rings. The summed E-state index contributed by atoms with van der Waals surface area (Å²) in [6.45, 7) is 1.65. The summed E-state index contributed by atoms with van der Waals surface area (Å²) in [5.41, 5.74) is -1.38. The maximum Gasteiger partial charge on any atom is 0.417 e. The van der Waals surface area contributed by atoms with Crippen LogP contribution in [0.3, 0.4) is 0 Å². The van der Waals surface area contributed by atoms with Gasteiger partial charge in [0.05, 0.1) is 22.4 Å². The van der Waals surface area contributed by atoms with E-state index < -0.39 is 22.6 Å². The first-order valence-electron chi connectivity index (χ1n) is 6.39. The molecule has 1 aliphatic rings. The summed E-state index contributed by atoms with van der Waals surface area (Å²) in [5.74, 6) is -0.180. The standard InChI is InChI=1S/C14H13F3N2OS/c1-8(13(20)19-10-3-4-10)21-11-5-2-9(7-18)12(6-11)14(15,16)17/h2,5-6,8,10H,3-4H2,1H3,(H,19,20)/t8-/m1/s1. The van der Waals surface area contributed by atoms with Crippen LogP contribution in [0, 0.1) is 11.3 Å². The number of carbonyl (C=O) groups is 1. The number of nitrogens with zero attached hydrogens (tertiary/aromatic N) is 1. The molecule has 0 heterocycles. The van der Waals surface area contributed by atoms with Crippen LogP contribution in [-0.4, -0.2) is 17.2 Å². The van der Waals surface area contributed by atoms with Gasteiger partial charge < -0.3 is 5.32 Å². The molecule has 1 saturated carbocycles. The zero-order chi connectivity index (χ0) is 15.6. The van der Waals surface area contributed by atoms with Gasteiger partial charge in [-0.15, -0.1) is 11.8 Å². The summed E-state index contributed by atoms with van der Waals surface area (Å²) in [6.07, 6.45) is -2.67. The van der Waals surface area contributed by atoms with Crippen LogP contribution in [0.4, 0.5) is 13.2 Å². The van der Waals surface area contributed by atoms with Crippen molar-refractivity contribution in [3.8, 4) is 6.07 Å². The minimum atomic E-state index is -4.58. The van der Waals surface area contributed by atoms with Crippen molar-refractivity contribution in [3.05, 3.63) is 29.3 Å². The molecule has 0 unspecified atom stereocenters. The quantitative estimate of drug-likeness (QED) is 0.867. The van der Waals surface area contributed by atoms with Crippen LogP contribution in [0.15, 0.2) is 23.1 Å². The summed E-state index contributed by atoms with van der Waals surface area (Å²) in [4.78, 5) is 12.1. The first kappa shape index (κ1) is 15.7. The summed E-state index contributed by atoms with van der Waals surface area (Å²) in [7, 11) is 0. The van der Waals surface area contributed by atoms with Crippen LogP contribution >= 0.6 is 11.8 Å². The topological polar surface area (TPSA) is 52.9 Å². The number of thioether (sulfide) groups is 1. The molecule has 0 spiro atoms. The van der Waals surface area contributed by atoms with E-state index in [1.807, 2.05) is 0 Å². The minimum absolute atomic E-state index is 0.180. The van der Waals surface area contributed by atoms with E-state index in [1.54, 1.807) is 6.92 Å². The van der Waals surface area contributed by atoms with Crippen molar-refractivity contribution >= 4 is 17.7 Å². The van der Waals surface area contributed by atoms with E-state index in [4.69, 9.17) is 5.26 Å². The Hall–Kier alpha value is -1.68. The molecule has 2 rings (SSSR count). The number of amides is 1. The number of hydrogen-bond donors (Lipinski definition) is 1. The van der Waals surface area contributed by atoms with Crippen molar-refractivity contribution in [3.63, 3.8) is 0 Å². The number of benzene rings is 1. The molecule has 0 aliphatic heterocycles. The molecule has 112 valence electrons. The predicted molar refractivity (Wildman–Crippen MR) is 72.6 cm³/mol. The van der Waals surface area contributed by atoms with Crippen molar-refractivity contribution in [1.29, 1.82) is 5.26 Å². The Morgan fingerprint density at radius 3 is 2.67 bits per heavy atom. The summed E-state index contributed by atoms with van der Waals surface area (Å²) < 4.78 is 38.6. The molecular formula is C14H13F3N2OS.